The molecule has 1 rings (SSSR count). The lowest BCUT2D eigenvalue weighted by Gasteiger charge is -2.44. The Morgan fingerprint density at radius 2 is 2.05 bits per heavy atom. The Morgan fingerprint density at radius 3 is 2.42 bits per heavy atom. The zero-order valence-corrected chi connectivity index (χ0v) is 12.8. The van der Waals surface area contributed by atoms with E-state index in [-0.39, 0.29) is 16.8 Å². The first-order valence-corrected chi connectivity index (χ1v) is 7.01. The van der Waals surface area contributed by atoms with E-state index < -0.39 is 11.5 Å². The van der Waals surface area contributed by atoms with Gasteiger partial charge in [0.1, 0.15) is 6.04 Å². The summed E-state index contributed by atoms with van der Waals surface area (Å²) in [5.41, 5.74) is 4.95. The van der Waals surface area contributed by atoms with Crippen LogP contribution in [0.4, 0.5) is 0 Å². The van der Waals surface area contributed by atoms with Crippen molar-refractivity contribution in [3.05, 3.63) is 0 Å². The summed E-state index contributed by atoms with van der Waals surface area (Å²) in [6.45, 7) is 6.23. The summed E-state index contributed by atoms with van der Waals surface area (Å²) in [6, 6.07) is -0.556. The SMILES string of the molecule is CCN(C)C(=O)C(C)NC(=O)C1(C(N)=S)CC(C)C1. The van der Waals surface area contributed by atoms with Crippen LogP contribution in [0.2, 0.25) is 0 Å². The summed E-state index contributed by atoms with van der Waals surface area (Å²) in [4.78, 5) is 26.0. The van der Waals surface area contributed by atoms with Crippen LogP contribution in [0.5, 0.6) is 0 Å². The number of carbonyl (C=O) groups is 2. The van der Waals surface area contributed by atoms with E-state index in [1.54, 1.807) is 18.9 Å². The summed E-state index contributed by atoms with van der Waals surface area (Å²) in [5.74, 6) is 0.112. The molecule has 0 bridgehead atoms. The number of nitrogens with two attached hydrogens (primary N) is 1. The molecular weight excluding hydrogens is 262 g/mol. The first-order chi connectivity index (χ1) is 8.74. The fraction of sp³-hybridized carbons (Fsp3) is 0.769. The minimum Gasteiger partial charge on any atom is -0.392 e. The van der Waals surface area contributed by atoms with Gasteiger partial charge in [-0.3, -0.25) is 9.59 Å². The minimum atomic E-state index is -0.756. The first kappa shape index (κ1) is 15.9. The molecule has 1 aliphatic carbocycles. The highest BCUT2D eigenvalue weighted by molar-refractivity contribution is 7.80. The number of nitrogens with zero attached hydrogens (tertiary/aromatic N) is 1. The Morgan fingerprint density at radius 1 is 1.53 bits per heavy atom. The molecule has 0 aromatic rings. The summed E-state index contributed by atoms with van der Waals surface area (Å²) < 4.78 is 0. The maximum atomic E-state index is 12.3. The molecule has 0 saturated heterocycles. The highest BCUT2D eigenvalue weighted by Crippen LogP contribution is 2.46. The molecular formula is C13H23N3O2S. The predicted molar refractivity (Wildman–Crippen MR) is 78.5 cm³/mol. The maximum Gasteiger partial charge on any atom is 0.244 e. The van der Waals surface area contributed by atoms with Crippen molar-refractivity contribution in [2.75, 3.05) is 13.6 Å². The van der Waals surface area contributed by atoms with Crippen LogP contribution < -0.4 is 11.1 Å². The van der Waals surface area contributed by atoms with Crippen molar-refractivity contribution < 1.29 is 9.59 Å². The van der Waals surface area contributed by atoms with Gasteiger partial charge in [-0.15, -0.1) is 0 Å². The van der Waals surface area contributed by atoms with Crippen LogP contribution in [-0.2, 0) is 9.59 Å². The number of likely N-dealkylation sites (N-methyl/N-ethyl adjacent to an activating group) is 1. The standard InChI is InChI=1S/C13H23N3O2S/c1-5-16(4)10(17)9(3)15-12(18)13(11(14)19)6-8(2)7-13/h8-9H,5-7H2,1-4H3,(H2,14,19)(H,15,18). The van der Waals surface area contributed by atoms with Gasteiger partial charge in [0.05, 0.1) is 10.4 Å². The topological polar surface area (TPSA) is 75.4 Å². The molecule has 6 heteroatoms. The molecule has 2 amide bonds. The second kappa shape index (κ2) is 5.86. The van der Waals surface area contributed by atoms with Gasteiger partial charge in [-0.1, -0.05) is 19.1 Å². The van der Waals surface area contributed by atoms with Gasteiger partial charge < -0.3 is 16.0 Å². The Kier molecular flexibility index (Phi) is 4.90. The van der Waals surface area contributed by atoms with Crippen molar-refractivity contribution in [2.24, 2.45) is 17.1 Å². The van der Waals surface area contributed by atoms with Crippen molar-refractivity contribution in [3.8, 4) is 0 Å². The van der Waals surface area contributed by atoms with Crippen LogP contribution in [0.15, 0.2) is 0 Å². The number of rotatable bonds is 5. The molecule has 0 heterocycles. The van der Waals surface area contributed by atoms with Crippen molar-refractivity contribution >= 4 is 29.0 Å². The largest absolute Gasteiger partial charge is 0.392 e. The molecule has 1 unspecified atom stereocenters. The van der Waals surface area contributed by atoms with Crippen LogP contribution in [0, 0.1) is 11.3 Å². The zero-order chi connectivity index (χ0) is 14.8. The van der Waals surface area contributed by atoms with E-state index >= 15 is 0 Å². The van der Waals surface area contributed by atoms with Gasteiger partial charge >= 0.3 is 0 Å². The normalized spacial score (nSPS) is 27.1. The second-order valence-corrected chi connectivity index (χ2v) is 5.95. The molecule has 0 aromatic heterocycles. The fourth-order valence-electron chi connectivity index (χ4n) is 2.51. The molecule has 0 spiro atoms. The summed E-state index contributed by atoms with van der Waals surface area (Å²) in [6.07, 6.45) is 1.33. The van der Waals surface area contributed by atoms with E-state index in [4.69, 9.17) is 18.0 Å². The monoisotopic (exact) mass is 285 g/mol. The molecule has 108 valence electrons. The number of thiocarbonyl (C=S) groups is 1. The third-order valence-electron chi connectivity index (χ3n) is 3.87. The number of hydrogen-bond acceptors (Lipinski definition) is 3. The lowest BCUT2D eigenvalue weighted by Crippen LogP contribution is -2.59. The molecule has 5 nitrogen and oxygen atoms in total. The first-order valence-electron chi connectivity index (χ1n) is 6.60. The van der Waals surface area contributed by atoms with E-state index in [0.717, 1.165) is 0 Å². The van der Waals surface area contributed by atoms with Crippen molar-refractivity contribution in [1.29, 1.82) is 0 Å². The van der Waals surface area contributed by atoms with Gasteiger partial charge in [-0.05, 0) is 32.6 Å². The van der Waals surface area contributed by atoms with Crippen LogP contribution in [0.3, 0.4) is 0 Å². The lowest BCUT2D eigenvalue weighted by atomic mass is 9.62. The number of amides is 2. The molecule has 0 aromatic carbocycles. The second-order valence-electron chi connectivity index (χ2n) is 5.51. The number of nitrogens with one attached hydrogen (secondary N) is 1. The third-order valence-corrected chi connectivity index (χ3v) is 4.26. The summed E-state index contributed by atoms with van der Waals surface area (Å²) in [5, 5.41) is 2.74. The Labute approximate surface area is 119 Å². The van der Waals surface area contributed by atoms with Crippen LogP contribution >= 0.6 is 12.2 Å². The molecule has 1 saturated carbocycles. The van der Waals surface area contributed by atoms with Crippen molar-refractivity contribution in [2.45, 2.75) is 39.7 Å². The molecule has 0 radical (unpaired) electrons. The minimum absolute atomic E-state index is 0.110. The molecule has 1 atom stereocenters. The molecule has 3 N–H and O–H groups in total. The summed E-state index contributed by atoms with van der Waals surface area (Å²) >= 11 is 5.02. The van der Waals surface area contributed by atoms with Crippen molar-refractivity contribution in [3.63, 3.8) is 0 Å². The smallest absolute Gasteiger partial charge is 0.244 e. The van der Waals surface area contributed by atoms with E-state index in [9.17, 15) is 9.59 Å². The fourth-order valence-corrected chi connectivity index (χ4v) is 2.77. The highest BCUT2D eigenvalue weighted by Gasteiger charge is 2.51. The lowest BCUT2D eigenvalue weighted by molar-refractivity contribution is -0.139. The van der Waals surface area contributed by atoms with Crippen molar-refractivity contribution in [1.82, 2.24) is 10.2 Å². The Balaban J connectivity index is 2.69. The average Bonchev–Trinajstić information content (AvgIpc) is 2.31. The van der Waals surface area contributed by atoms with Crippen LogP contribution in [0.25, 0.3) is 0 Å². The van der Waals surface area contributed by atoms with E-state index in [2.05, 4.69) is 12.2 Å². The van der Waals surface area contributed by atoms with E-state index in [1.807, 2.05) is 6.92 Å². The molecule has 1 fully saturated rings. The molecule has 19 heavy (non-hydrogen) atoms. The van der Waals surface area contributed by atoms with E-state index in [1.165, 1.54) is 0 Å². The van der Waals surface area contributed by atoms with Gasteiger partial charge in [-0.25, -0.2) is 0 Å². The summed E-state index contributed by atoms with van der Waals surface area (Å²) in [7, 11) is 1.71. The number of carbonyl (C=O) groups excluding carboxylic acids is 2. The van der Waals surface area contributed by atoms with Crippen LogP contribution in [-0.4, -0.2) is 41.3 Å². The molecule has 1 aliphatic rings. The third kappa shape index (κ3) is 3.05. The van der Waals surface area contributed by atoms with Gasteiger partial charge in [-0.2, -0.15) is 0 Å². The quantitative estimate of drug-likeness (QED) is 0.728. The van der Waals surface area contributed by atoms with Gasteiger partial charge in [0, 0.05) is 13.6 Å². The van der Waals surface area contributed by atoms with Gasteiger partial charge in [0.2, 0.25) is 11.8 Å². The Bertz CT molecular complexity index is 391. The average molecular weight is 285 g/mol. The van der Waals surface area contributed by atoms with E-state index in [0.29, 0.717) is 25.3 Å². The zero-order valence-electron chi connectivity index (χ0n) is 12.0. The van der Waals surface area contributed by atoms with Crippen LogP contribution in [0.1, 0.15) is 33.6 Å². The Hall–Kier alpha value is -1.17. The van der Waals surface area contributed by atoms with Gasteiger partial charge in [0.15, 0.2) is 0 Å². The number of hydrogen-bond donors (Lipinski definition) is 2. The van der Waals surface area contributed by atoms with Gasteiger partial charge in [0.25, 0.3) is 0 Å². The maximum absolute atomic E-state index is 12.3. The predicted octanol–water partition coefficient (Wildman–Crippen LogP) is 0.672. The molecule has 0 aliphatic heterocycles. The highest BCUT2D eigenvalue weighted by atomic mass is 32.1.